The summed E-state index contributed by atoms with van der Waals surface area (Å²) in [6.45, 7) is 4.08. The standard InChI is InChI=1S/C15H17N3OS/c1-10-7-11(2)17-14(8-10)20-9-12-3-5-13(6-4-12)15(16)18-19/h3-8,19H,9H2,1-2H3,(H2,16,18). The molecule has 0 bridgehead atoms. The Morgan fingerprint density at radius 3 is 2.55 bits per heavy atom. The molecule has 0 amide bonds. The van der Waals surface area contributed by atoms with E-state index >= 15 is 0 Å². The summed E-state index contributed by atoms with van der Waals surface area (Å²) in [6.07, 6.45) is 0. The number of aromatic nitrogens is 1. The number of nitrogens with two attached hydrogens (primary N) is 1. The van der Waals surface area contributed by atoms with Gasteiger partial charge in [-0.3, -0.25) is 0 Å². The molecule has 1 heterocycles. The number of nitrogens with zero attached hydrogens (tertiary/aromatic N) is 2. The number of rotatable bonds is 4. The van der Waals surface area contributed by atoms with Gasteiger partial charge in [0, 0.05) is 17.0 Å². The van der Waals surface area contributed by atoms with Gasteiger partial charge in [0.05, 0.1) is 5.03 Å². The third-order valence-electron chi connectivity index (χ3n) is 2.82. The van der Waals surface area contributed by atoms with Gasteiger partial charge < -0.3 is 10.9 Å². The predicted octanol–water partition coefficient (Wildman–Crippen LogP) is 3.09. The summed E-state index contributed by atoms with van der Waals surface area (Å²) in [4.78, 5) is 4.50. The Kier molecular flexibility index (Phi) is 4.63. The Morgan fingerprint density at radius 1 is 1.25 bits per heavy atom. The highest BCUT2D eigenvalue weighted by Gasteiger charge is 2.02. The van der Waals surface area contributed by atoms with Crippen molar-refractivity contribution in [2.24, 2.45) is 10.9 Å². The molecule has 0 saturated carbocycles. The normalized spacial score (nSPS) is 11.6. The largest absolute Gasteiger partial charge is 0.409 e. The predicted molar refractivity (Wildman–Crippen MR) is 82.2 cm³/mol. The fourth-order valence-electron chi connectivity index (χ4n) is 1.86. The van der Waals surface area contributed by atoms with Crippen molar-refractivity contribution in [3.05, 3.63) is 58.8 Å². The zero-order valence-corrected chi connectivity index (χ0v) is 12.3. The van der Waals surface area contributed by atoms with Crippen molar-refractivity contribution >= 4 is 17.6 Å². The van der Waals surface area contributed by atoms with Crippen LogP contribution in [0.3, 0.4) is 0 Å². The number of oxime groups is 1. The number of hydrogen-bond donors (Lipinski definition) is 2. The molecule has 1 aromatic heterocycles. The number of thioether (sulfide) groups is 1. The summed E-state index contributed by atoms with van der Waals surface area (Å²) < 4.78 is 0. The third-order valence-corrected chi connectivity index (χ3v) is 3.80. The van der Waals surface area contributed by atoms with Crippen LogP contribution < -0.4 is 5.73 Å². The van der Waals surface area contributed by atoms with Crippen LogP contribution in [0.1, 0.15) is 22.4 Å². The number of aryl methyl sites for hydroxylation is 2. The van der Waals surface area contributed by atoms with Gasteiger partial charge in [-0.25, -0.2) is 4.98 Å². The van der Waals surface area contributed by atoms with Gasteiger partial charge in [-0.15, -0.1) is 11.8 Å². The molecule has 0 fully saturated rings. The van der Waals surface area contributed by atoms with Crippen molar-refractivity contribution in [3.8, 4) is 0 Å². The lowest BCUT2D eigenvalue weighted by Crippen LogP contribution is -2.12. The summed E-state index contributed by atoms with van der Waals surface area (Å²) in [6, 6.07) is 11.8. The van der Waals surface area contributed by atoms with Crippen LogP contribution in [0.4, 0.5) is 0 Å². The van der Waals surface area contributed by atoms with E-state index in [0.29, 0.717) is 5.56 Å². The van der Waals surface area contributed by atoms with Gasteiger partial charge in [0.2, 0.25) is 0 Å². The minimum Gasteiger partial charge on any atom is -0.409 e. The molecule has 20 heavy (non-hydrogen) atoms. The second-order valence-corrected chi connectivity index (χ2v) is 5.59. The monoisotopic (exact) mass is 287 g/mol. The molecule has 0 atom stereocenters. The molecule has 4 nitrogen and oxygen atoms in total. The fraction of sp³-hybridized carbons (Fsp3) is 0.200. The molecule has 2 aromatic rings. The number of amidine groups is 1. The molecule has 0 aliphatic heterocycles. The van der Waals surface area contributed by atoms with Crippen LogP contribution in [0, 0.1) is 13.8 Å². The fourth-order valence-corrected chi connectivity index (χ4v) is 2.85. The Morgan fingerprint density at radius 2 is 1.95 bits per heavy atom. The summed E-state index contributed by atoms with van der Waals surface area (Å²) in [5.41, 5.74) is 9.67. The van der Waals surface area contributed by atoms with E-state index < -0.39 is 0 Å². The quantitative estimate of drug-likeness (QED) is 0.298. The number of hydrogen-bond acceptors (Lipinski definition) is 4. The second-order valence-electron chi connectivity index (χ2n) is 4.59. The maximum Gasteiger partial charge on any atom is 0.170 e. The van der Waals surface area contributed by atoms with E-state index in [1.165, 1.54) is 11.1 Å². The van der Waals surface area contributed by atoms with Crippen molar-refractivity contribution in [2.75, 3.05) is 0 Å². The van der Waals surface area contributed by atoms with E-state index in [4.69, 9.17) is 10.9 Å². The summed E-state index contributed by atoms with van der Waals surface area (Å²) in [5.74, 6) is 0.965. The summed E-state index contributed by atoms with van der Waals surface area (Å²) >= 11 is 1.70. The van der Waals surface area contributed by atoms with E-state index in [-0.39, 0.29) is 5.84 Å². The van der Waals surface area contributed by atoms with Crippen molar-refractivity contribution in [2.45, 2.75) is 24.6 Å². The van der Waals surface area contributed by atoms with Crippen LogP contribution in [0.2, 0.25) is 0 Å². The first-order valence-corrected chi connectivity index (χ1v) is 7.22. The third kappa shape index (κ3) is 3.74. The van der Waals surface area contributed by atoms with E-state index in [1.54, 1.807) is 11.8 Å². The summed E-state index contributed by atoms with van der Waals surface area (Å²) in [7, 11) is 0. The maximum absolute atomic E-state index is 8.61. The first-order valence-electron chi connectivity index (χ1n) is 6.23. The molecule has 1 aromatic carbocycles. The van der Waals surface area contributed by atoms with Crippen molar-refractivity contribution in [3.63, 3.8) is 0 Å². The van der Waals surface area contributed by atoms with Crippen molar-refractivity contribution < 1.29 is 5.21 Å². The molecule has 0 spiro atoms. The average molecular weight is 287 g/mol. The highest BCUT2D eigenvalue weighted by atomic mass is 32.2. The highest BCUT2D eigenvalue weighted by Crippen LogP contribution is 2.22. The van der Waals surface area contributed by atoms with Crippen molar-refractivity contribution in [1.82, 2.24) is 4.98 Å². The maximum atomic E-state index is 8.61. The molecule has 0 aliphatic rings. The lowest BCUT2D eigenvalue weighted by Gasteiger charge is -2.05. The van der Waals surface area contributed by atoms with Gasteiger partial charge in [-0.2, -0.15) is 0 Å². The smallest absolute Gasteiger partial charge is 0.170 e. The van der Waals surface area contributed by atoms with Crippen LogP contribution >= 0.6 is 11.8 Å². The zero-order valence-electron chi connectivity index (χ0n) is 11.5. The molecule has 0 radical (unpaired) electrons. The molecule has 0 aliphatic carbocycles. The number of benzene rings is 1. The molecular formula is C15H17N3OS. The SMILES string of the molecule is Cc1cc(C)nc(SCc2ccc(/C(N)=N/O)cc2)c1. The number of pyridine rings is 1. The van der Waals surface area contributed by atoms with Gasteiger partial charge >= 0.3 is 0 Å². The van der Waals surface area contributed by atoms with Crippen LogP contribution in [0.25, 0.3) is 0 Å². The molecular weight excluding hydrogens is 270 g/mol. The summed E-state index contributed by atoms with van der Waals surface area (Å²) in [5, 5.41) is 12.6. The van der Waals surface area contributed by atoms with Gasteiger partial charge in [0.25, 0.3) is 0 Å². The Labute approximate surface area is 122 Å². The van der Waals surface area contributed by atoms with Crippen LogP contribution in [-0.4, -0.2) is 16.0 Å². The van der Waals surface area contributed by atoms with E-state index in [1.807, 2.05) is 31.2 Å². The lowest BCUT2D eigenvalue weighted by atomic mass is 10.1. The topological polar surface area (TPSA) is 71.5 Å². The molecule has 0 unspecified atom stereocenters. The minimum absolute atomic E-state index is 0.125. The van der Waals surface area contributed by atoms with E-state index in [2.05, 4.69) is 29.2 Å². The Bertz CT molecular complexity index is 603. The minimum atomic E-state index is 0.125. The van der Waals surface area contributed by atoms with E-state index in [9.17, 15) is 0 Å². The molecule has 5 heteroatoms. The van der Waals surface area contributed by atoms with E-state index in [0.717, 1.165) is 16.5 Å². The van der Waals surface area contributed by atoms with Gasteiger partial charge in [-0.1, -0.05) is 29.4 Å². The van der Waals surface area contributed by atoms with Gasteiger partial charge in [0.1, 0.15) is 0 Å². The molecule has 2 rings (SSSR count). The van der Waals surface area contributed by atoms with Crippen LogP contribution in [-0.2, 0) is 5.75 Å². The molecule has 0 saturated heterocycles. The Hall–Kier alpha value is -2.01. The second kappa shape index (κ2) is 6.43. The van der Waals surface area contributed by atoms with Gasteiger partial charge in [-0.05, 0) is 37.1 Å². The first-order chi connectivity index (χ1) is 9.58. The zero-order chi connectivity index (χ0) is 14.5. The van der Waals surface area contributed by atoms with Gasteiger partial charge in [0.15, 0.2) is 5.84 Å². The molecule has 104 valence electrons. The van der Waals surface area contributed by atoms with Crippen LogP contribution in [0.15, 0.2) is 46.6 Å². The first kappa shape index (κ1) is 14.4. The van der Waals surface area contributed by atoms with Crippen molar-refractivity contribution in [1.29, 1.82) is 0 Å². The Balaban J connectivity index is 2.04. The lowest BCUT2D eigenvalue weighted by molar-refractivity contribution is 0.318. The molecule has 3 N–H and O–H groups in total. The highest BCUT2D eigenvalue weighted by molar-refractivity contribution is 7.98. The van der Waals surface area contributed by atoms with Crippen LogP contribution in [0.5, 0.6) is 0 Å². The average Bonchev–Trinajstić information content (AvgIpc) is 2.44.